The van der Waals surface area contributed by atoms with Gasteiger partial charge in [0.25, 0.3) is 11.8 Å². The zero-order valence-electron chi connectivity index (χ0n) is 13.4. The summed E-state index contributed by atoms with van der Waals surface area (Å²) in [6.45, 7) is 3.83. The molecule has 6 nitrogen and oxygen atoms in total. The summed E-state index contributed by atoms with van der Waals surface area (Å²) in [5.74, 6) is 1.35. The van der Waals surface area contributed by atoms with Gasteiger partial charge in [0.2, 0.25) is 5.82 Å². The number of nitrogens with one attached hydrogen (secondary N) is 1. The van der Waals surface area contributed by atoms with Gasteiger partial charge in [0.05, 0.1) is 6.26 Å². The standard InChI is InChI=1S/C18H17N3O3/c1-12(2)19-18(22)14-6-3-5-13(11-14)17-20-16(24-21-17)9-8-15-7-4-10-23-15/h3-12H,1-2H3,(H,19,22). The van der Waals surface area contributed by atoms with Gasteiger partial charge in [-0.3, -0.25) is 4.79 Å². The number of furan rings is 1. The van der Waals surface area contributed by atoms with E-state index in [0.29, 0.717) is 28.6 Å². The van der Waals surface area contributed by atoms with Gasteiger partial charge in [0.15, 0.2) is 0 Å². The van der Waals surface area contributed by atoms with Crippen molar-refractivity contribution >= 4 is 18.1 Å². The van der Waals surface area contributed by atoms with Gasteiger partial charge in [-0.2, -0.15) is 4.98 Å². The van der Waals surface area contributed by atoms with Crippen molar-refractivity contribution in [2.24, 2.45) is 0 Å². The Hall–Kier alpha value is -3.15. The molecule has 0 aliphatic carbocycles. The molecule has 0 spiro atoms. The summed E-state index contributed by atoms with van der Waals surface area (Å²) < 4.78 is 10.4. The highest BCUT2D eigenvalue weighted by atomic mass is 16.5. The van der Waals surface area contributed by atoms with Crippen LogP contribution in [-0.4, -0.2) is 22.1 Å². The summed E-state index contributed by atoms with van der Waals surface area (Å²) in [6.07, 6.45) is 5.00. The van der Waals surface area contributed by atoms with Crippen molar-refractivity contribution in [2.75, 3.05) is 0 Å². The number of rotatable bonds is 5. The van der Waals surface area contributed by atoms with E-state index in [4.69, 9.17) is 8.94 Å². The van der Waals surface area contributed by atoms with E-state index < -0.39 is 0 Å². The van der Waals surface area contributed by atoms with Crippen LogP contribution in [0, 0.1) is 0 Å². The molecule has 0 fully saturated rings. The molecule has 0 saturated heterocycles. The monoisotopic (exact) mass is 323 g/mol. The average Bonchev–Trinajstić information content (AvgIpc) is 3.24. The van der Waals surface area contributed by atoms with Crippen LogP contribution in [0.1, 0.15) is 35.9 Å². The van der Waals surface area contributed by atoms with Crippen molar-refractivity contribution < 1.29 is 13.7 Å². The van der Waals surface area contributed by atoms with Crippen LogP contribution in [0.3, 0.4) is 0 Å². The van der Waals surface area contributed by atoms with Crippen LogP contribution in [0.2, 0.25) is 0 Å². The Morgan fingerprint density at radius 1 is 1.21 bits per heavy atom. The van der Waals surface area contributed by atoms with Crippen LogP contribution in [0.5, 0.6) is 0 Å². The van der Waals surface area contributed by atoms with E-state index >= 15 is 0 Å². The van der Waals surface area contributed by atoms with E-state index in [-0.39, 0.29) is 11.9 Å². The Kier molecular flexibility index (Phi) is 4.56. The molecular weight excluding hydrogens is 306 g/mol. The first-order valence-corrected chi connectivity index (χ1v) is 7.58. The molecule has 0 aliphatic heterocycles. The van der Waals surface area contributed by atoms with Crippen molar-refractivity contribution in [3.05, 3.63) is 59.9 Å². The topological polar surface area (TPSA) is 81.2 Å². The maximum absolute atomic E-state index is 12.1. The zero-order valence-corrected chi connectivity index (χ0v) is 13.4. The molecule has 2 heterocycles. The van der Waals surface area contributed by atoms with E-state index in [9.17, 15) is 4.79 Å². The van der Waals surface area contributed by atoms with Crippen LogP contribution in [0.4, 0.5) is 0 Å². The Balaban J connectivity index is 1.79. The van der Waals surface area contributed by atoms with Crippen LogP contribution < -0.4 is 5.32 Å². The predicted octanol–water partition coefficient (Wildman–Crippen LogP) is 3.64. The number of amides is 1. The molecule has 2 aromatic heterocycles. The van der Waals surface area contributed by atoms with E-state index in [0.717, 1.165) is 0 Å². The molecule has 24 heavy (non-hydrogen) atoms. The lowest BCUT2D eigenvalue weighted by atomic mass is 10.1. The fourth-order valence-corrected chi connectivity index (χ4v) is 2.10. The number of nitrogens with zero attached hydrogens (tertiary/aromatic N) is 2. The second kappa shape index (κ2) is 6.95. The minimum atomic E-state index is -0.131. The summed E-state index contributed by atoms with van der Waals surface area (Å²) in [6, 6.07) is 10.8. The minimum absolute atomic E-state index is 0.0738. The summed E-state index contributed by atoms with van der Waals surface area (Å²) >= 11 is 0. The molecule has 6 heteroatoms. The first-order valence-electron chi connectivity index (χ1n) is 7.58. The molecule has 3 aromatic rings. The molecular formula is C18H17N3O3. The van der Waals surface area contributed by atoms with E-state index in [1.54, 1.807) is 42.7 Å². The second-order valence-electron chi connectivity index (χ2n) is 5.51. The van der Waals surface area contributed by atoms with Crippen molar-refractivity contribution in [3.8, 4) is 11.4 Å². The fraction of sp³-hybridized carbons (Fsp3) is 0.167. The number of hydrogen-bond acceptors (Lipinski definition) is 5. The van der Waals surface area contributed by atoms with Crippen molar-refractivity contribution in [1.29, 1.82) is 0 Å². The zero-order chi connectivity index (χ0) is 16.9. The molecule has 0 aliphatic rings. The Labute approximate surface area is 139 Å². The minimum Gasteiger partial charge on any atom is -0.465 e. The Morgan fingerprint density at radius 3 is 2.83 bits per heavy atom. The molecule has 1 amide bonds. The molecule has 0 saturated carbocycles. The fourth-order valence-electron chi connectivity index (χ4n) is 2.10. The molecule has 0 atom stereocenters. The number of hydrogen-bond donors (Lipinski definition) is 1. The predicted molar refractivity (Wildman–Crippen MR) is 90.0 cm³/mol. The normalized spacial score (nSPS) is 11.3. The van der Waals surface area contributed by atoms with Gasteiger partial charge in [0, 0.05) is 23.2 Å². The summed E-state index contributed by atoms with van der Waals surface area (Å²) in [5, 5.41) is 6.80. The van der Waals surface area contributed by atoms with E-state index in [1.807, 2.05) is 26.0 Å². The van der Waals surface area contributed by atoms with Gasteiger partial charge < -0.3 is 14.3 Å². The van der Waals surface area contributed by atoms with Gasteiger partial charge >= 0.3 is 0 Å². The second-order valence-corrected chi connectivity index (χ2v) is 5.51. The van der Waals surface area contributed by atoms with E-state index in [2.05, 4.69) is 15.5 Å². The third-order valence-corrected chi connectivity index (χ3v) is 3.18. The van der Waals surface area contributed by atoms with Crippen LogP contribution in [0.15, 0.2) is 51.6 Å². The largest absolute Gasteiger partial charge is 0.465 e. The molecule has 0 unspecified atom stereocenters. The summed E-state index contributed by atoms with van der Waals surface area (Å²) in [7, 11) is 0. The highest BCUT2D eigenvalue weighted by Crippen LogP contribution is 2.18. The third kappa shape index (κ3) is 3.78. The van der Waals surface area contributed by atoms with Crippen LogP contribution in [-0.2, 0) is 0 Å². The number of carbonyl (C=O) groups is 1. The highest BCUT2D eigenvalue weighted by molar-refractivity contribution is 5.95. The average molecular weight is 323 g/mol. The lowest BCUT2D eigenvalue weighted by Crippen LogP contribution is -2.30. The molecule has 1 aromatic carbocycles. The maximum atomic E-state index is 12.1. The van der Waals surface area contributed by atoms with Crippen molar-refractivity contribution in [1.82, 2.24) is 15.5 Å². The molecule has 122 valence electrons. The maximum Gasteiger partial charge on any atom is 0.251 e. The smallest absolute Gasteiger partial charge is 0.251 e. The van der Waals surface area contributed by atoms with Gasteiger partial charge in [-0.1, -0.05) is 17.3 Å². The van der Waals surface area contributed by atoms with E-state index in [1.165, 1.54) is 0 Å². The SMILES string of the molecule is CC(C)NC(=O)c1cccc(-c2noc(C=Cc3ccco3)n2)c1. The molecule has 0 radical (unpaired) electrons. The van der Waals surface area contributed by atoms with Gasteiger partial charge in [0.1, 0.15) is 5.76 Å². The quantitative estimate of drug-likeness (QED) is 0.775. The first-order chi connectivity index (χ1) is 11.6. The van der Waals surface area contributed by atoms with Crippen LogP contribution in [0.25, 0.3) is 23.5 Å². The summed E-state index contributed by atoms with van der Waals surface area (Å²) in [5.41, 5.74) is 1.27. The number of benzene rings is 1. The number of aromatic nitrogens is 2. The van der Waals surface area contributed by atoms with Crippen molar-refractivity contribution in [3.63, 3.8) is 0 Å². The lowest BCUT2D eigenvalue weighted by Gasteiger charge is -2.08. The Bertz CT molecular complexity index is 848. The Morgan fingerprint density at radius 2 is 2.08 bits per heavy atom. The molecule has 1 N–H and O–H groups in total. The third-order valence-electron chi connectivity index (χ3n) is 3.18. The van der Waals surface area contributed by atoms with Gasteiger partial charge in [-0.05, 0) is 44.2 Å². The number of carbonyl (C=O) groups excluding carboxylic acids is 1. The molecule has 0 bridgehead atoms. The first kappa shape index (κ1) is 15.7. The van der Waals surface area contributed by atoms with Gasteiger partial charge in [-0.25, -0.2) is 0 Å². The highest BCUT2D eigenvalue weighted by Gasteiger charge is 2.11. The van der Waals surface area contributed by atoms with Crippen molar-refractivity contribution in [2.45, 2.75) is 19.9 Å². The lowest BCUT2D eigenvalue weighted by molar-refractivity contribution is 0.0943. The molecule has 3 rings (SSSR count). The van der Waals surface area contributed by atoms with Crippen LogP contribution >= 0.6 is 0 Å². The van der Waals surface area contributed by atoms with Gasteiger partial charge in [-0.15, -0.1) is 0 Å². The summed E-state index contributed by atoms with van der Waals surface area (Å²) in [4.78, 5) is 16.4.